The molecule has 0 bridgehead atoms. The molecule has 4 rings (SSSR count). The molecule has 1 saturated heterocycles. The molecule has 0 amide bonds. The van der Waals surface area contributed by atoms with E-state index in [1.165, 1.54) is 16.8 Å². The first kappa shape index (κ1) is 35.0. The third kappa shape index (κ3) is 6.81. The number of allylic oxidation sites excluding steroid dienone is 1. The highest BCUT2D eigenvalue weighted by atomic mass is 28.4. The van der Waals surface area contributed by atoms with Gasteiger partial charge in [-0.1, -0.05) is 121 Å². The van der Waals surface area contributed by atoms with Crippen molar-refractivity contribution < 1.29 is 18.0 Å². The van der Waals surface area contributed by atoms with Crippen molar-refractivity contribution in [1.82, 2.24) is 9.55 Å². The number of nitrogens with two attached hydrogens (primary N) is 1. The number of aromatic nitrogens is 2. The molecule has 4 atom stereocenters. The van der Waals surface area contributed by atoms with Gasteiger partial charge in [-0.15, -0.1) is 0 Å². The van der Waals surface area contributed by atoms with Crippen LogP contribution in [0.1, 0.15) is 61.1 Å². The van der Waals surface area contributed by atoms with Gasteiger partial charge in [0.25, 0.3) is 8.32 Å². The summed E-state index contributed by atoms with van der Waals surface area (Å²) in [5, 5.41) is 1.69. The maximum Gasteiger partial charge on any atom is 0.351 e. The van der Waals surface area contributed by atoms with Gasteiger partial charge in [0.05, 0.1) is 6.61 Å². The molecule has 3 aromatic rings. The highest BCUT2D eigenvalue weighted by Crippen LogP contribution is 2.48. The van der Waals surface area contributed by atoms with Crippen LogP contribution in [0.3, 0.4) is 0 Å². The van der Waals surface area contributed by atoms with E-state index in [0.29, 0.717) is 6.42 Å². The third-order valence-corrected chi connectivity index (χ3v) is 18.7. The number of halogens is 1. The Kier molecular flexibility index (Phi) is 10.2. The molecular weight excluding hydrogens is 602 g/mol. The minimum absolute atomic E-state index is 0.0180. The Morgan fingerprint density at radius 3 is 2.00 bits per heavy atom. The number of rotatable bonds is 10. The summed E-state index contributed by atoms with van der Waals surface area (Å²) >= 11 is 0. The van der Waals surface area contributed by atoms with E-state index in [0.717, 1.165) is 10.4 Å². The molecule has 244 valence electrons. The minimum Gasteiger partial charge on any atom is -0.407 e. The van der Waals surface area contributed by atoms with Crippen LogP contribution in [0.25, 0.3) is 0 Å². The summed E-state index contributed by atoms with van der Waals surface area (Å²) in [6, 6.07) is 22.1. The first-order valence-corrected chi connectivity index (χ1v) is 20.6. The van der Waals surface area contributed by atoms with Gasteiger partial charge in [-0.05, 0) is 46.0 Å². The van der Waals surface area contributed by atoms with E-state index in [4.69, 9.17) is 19.3 Å². The second kappa shape index (κ2) is 13.1. The minimum atomic E-state index is -3.05. The number of benzene rings is 2. The molecule has 0 spiro atoms. The molecule has 0 unspecified atom stereocenters. The smallest absolute Gasteiger partial charge is 0.351 e. The first-order chi connectivity index (χ1) is 21.0. The summed E-state index contributed by atoms with van der Waals surface area (Å²) in [6.07, 6.45) is 1.97. The van der Waals surface area contributed by atoms with Gasteiger partial charge >= 0.3 is 5.69 Å². The van der Waals surface area contributed by atoms with Crippen LogP contribution < -0.4 is 21.8 Å². The van der Waals surface area contributed by atoms with Gasteiger partial charge in [0, 0.05) is 6.20 Å². The quantitative estimate of drug-likeness (QED) is 0.203. The molecule has 2 N–H and O–H groups in total. The molecule has 45 heavy (non-hydrogen) atoms. The van der Waals surface area contributed by atoms with Crippen molar-refractivity contribution in [2.45, 2.75) is 102 Å². The number of hydrogen-bond donors (Lipinski definition) is 1. The Hall–Kier alpha value is -2.90. The van der Waals surface area contributed by atoms with Crippen LogP contribution in [-0.4, -0.2) is 50.7 Å². The van der Waals surface area contributed by atoms with Crippen molar-refractivity contribution >= 4 is 32.8 Å². The Labute approximate surface area is 269 Å². The number of nitrogens with zero attached hydrogens (tertiary/aromatic N) is 2. The van der Waals surface area contributed by atoms with E-state index in [1.807, 2.05) is 55.5 Å². The Bertz CT molecular complexity index is 1480. The standard InChI is InChI=1S/C35H50FN3O4Si2/c1-10-11-23-35(25-41-45(34(5,6)7,26-18-14-12-15-19-26)27-20-16-13-17-21-27)30(43-44(8,9)33(2,3)4)29(36)31(42-35)39-24-22-28(37)38-32(39)40/h11-24,29-31H,10,25H2,1-9H3,(H2,37,38,40)/b23-11+/t29-,30+,31-,35-/m1/s1. The molecule has 0 aliphatic carbocycles. The first-order valence-electron chi connectivity index (χ1n) is 15.8. The average Bonchev–Trinajstić information content (AvgIpc) is 3.22. The Balaban J connectivity index is 1.93. The summed E-state index contributed by atoms with van der Waals surface area (Å²) in [6.45, 7) is 19.2. The maximum atomic E-state index is 17.0. The summed E-state index contributed by atoms with van der Waals surface area (Å²) in [5.74, 6) is 0.0610. The van der Waals surface area contributed by atoms with Gasteiger partial charge in [0.2, 0.25) is 0 Å². The van der Waals surface area contributed by atoms with E-state index in [2.05, 4.69) is 83.9 Å². The monoisotopic (exact) mass is 651 g/mol. The molecule has 10 heteroatoms. The molecule has 0 saturated carbocycles. The SMILES string of the molecule is CC/C=C/[C@]1(CO[Si](c2ccccc2)(c2ccccc2)C(C)(C)C)O[C@@H](n2ccc(N)nc2=O)[C@H](F)[C@@H]1O[Si](C)(C)C(C)(C)C. The summed E-state index contributed by atoms with van der Waals surface area (Å²) in [5.41, 5.74) is 3.75. The maximum absolute atomic E-state index is 17.0. The number of anilines is 1. The number of nitrogen functional groups attached to an aromatic ring is 1. The topological polar surface area (TPSA) is 88.6 Å². The van der Waals surface area contributed by atoms with E-state index < -0.39 is 46.4 Å². The van der Waals surface area contributed by atoms with Crippen LogP contribution in [0.4, 0.5) is 10.2 Å². The van der Waals surface area contributed by atoms with Crippen LogP contribution in [0.15, 0.2) is 89.9 Å². The van der Waals surface area contributed by atoms with Crippen LogP contribution in [-0.2, 0) is 13.6 Å². The zero-order chi connectivity index (χ0) is 33.3. The summed E-state index contributed by atoms with van der Waals surface area (Å²) in [7, 11) is -5.60. The van der Waals surface area contributed by atoms with Crippen molar-refractivity contribution in [3.05, 3.63) is 95.6 Å². The van der Waals surface area contributed by atoms with E-state index >= 15 is 4.39 Å². The molecule has 1 aromatic heterocycles. The zero-order valence-electron chi connectivity index (χ0n) is 28.2. The number of alkyl halides is 1. The van der Waals surface area contributed by atoms with Crippen molar-refractivity contribution in [1.29, 1.82) is 0 Å². The lowest BCUT2D eigenvalue weighted by molar-refractivity contribution is -0.0931. The number of hydrogen-bond acceptors (Lipinski definition) is 6. The predicted molar refractivity (Wildman–Crippen MR) is 186 cm³/mol. The normalized spacial score (nSPS) is 23.1. The lowest BCUT2D eigenvalue weighted by Gasteiger charge is -2.46. The molecular formula is C35H50FN3O4Si2. The molecule has 1 aliphatic rings. The number of ether oxygens (including phenoxy) is 1. The van der Waals surface area contributed by atoms with Crippen LogP contribution >= 0.6 is 0 Å². The Morgan fingerprint density at radius 2 is 1.53 bits per heavy atom. The second-order valence-corrected chi connectivity index (χ2v) is 23.6. The summed E-state index contributed by atoms with van der Waals surface area (Å²) in [4.78, 5) is 16.9. The Morgan fingerprint density at radius 1 is 0.978 bits per heavy atom. The van der Waals surface area contributed by atoms with Gasteiger partial charge in [0.15, 0.2) is 20.7 Å². The zero-order valence-corrected chi connectivity index (χ0v) is 30.2. The second-order valence-electron chi connectivity index (χ2n) is 14.5. The van der Waals surface area contributed by atoms with E-state index in [9.17, 15) is 4.79 Å². The van der Waals surface area contributed by atoms with Crippen molar-refractivity contribution in [3.63, 3.8) is 0 Å². The highest BCUT2D eigenvalue weighted by Gasteiger charge is 2.61. The van der Waals surface area contributed by atoms with Gasteiger partial charge in [-0.2, -0.15) is 4.98 Å². The van der Waals surface area contributed by atoms with Crippen LogP contribution in [0.2, 0.25) is 23.2 Å². The van der Waals surface area contributed by atoms with Crippen LogP contribution in [0, 0.1) is 0 Å². The van der Waals surface area contributed by atoms with Crippen molar-refractivity contribution in [2.75, 3.05) is 12.3 Å². The largest absolute Gasteiger partial charge is 0.407 e. The predicted octanol–water partition coefficient (Wildman–Crippen LogP) is 6.36. The lowest BCUT2D eigenvalue weighted by atomic mass is 9.96. The van der Waals surface area contributed by atoms with E-state index in [1.54, 1.807) is 0 Å². The molecule has 0 radical (unpaired) electrons. The fraction of sp³-hybridized carbons (Fsp3) is 0.486. The van der Waals surface area contributed by atoms with Crippen molar-refractivity contribution in [2.24, 2.45) is 0 Å². The molecule has 7 nitrogen and oxygen atoms in total. The van der Waals surface area contributed by atoms with Gasteiger partial charge in [0.1, 0.15) is 17.5 Å². The fourth-order valence-electron chi connectivity index (χ4n) is 5.86. The molecule has 2 heterocycles. The molecule has 2 aromatic carbocycles. The highest BCUT2D eigenvalue weighted by molar-refractivity contribution is 6.99. The molecule has 1 fully saturated rings. The average molecular weight is 652 g/mol. The van der Waals surface area contributed by atoms with E-state index in [-0.39, 0.29) is 22.5 Å². The van der Waals surface area contributed by atoms with Gasteiger partial charge in [-0.3, -0.25) is 4.57 Å². The van der Waals surface area contributed by atoms with Gasteiger partial charge in [-0.25, -0.2) is 9.18 Å². The lowest BCUT2D eigenvalue weighted by Crippen LogP contribution is -2.68. The van der Waals surface area contributed by atoms with Gasteiger partial charge < -0.3 is 19.3 Å². The summed E-state index contributed by atoms with van der Waals surface area (Å²) < 4.78 is 39.2. The fourth-order valence-corrected chi connectivity index (χ4v) is 11.8. The third-order valence-electron chi connectivity index (χ3n) is 9.30. The molecule has 1 aliphatic heterocycles. The van der Waals surface area contributed by atoms with Crippen molar-refractivity contribution in [3.8, 4) is 0 Å². The van der Waals surface area contributed by atoms with Crippen LogP contribution in [0.5, 0.6) is 0 Å².